The van der Waals surface area contributed by atoms with Gasteiger partial charge in [-0.2, -0.15) is 0 Å². The Morgan fingerprint density at radius 3 is 2.72 bits per heavy atom. The van der Waals surface area contributed by atoms with Gasteiger partial charge in [-0.15, -0.1) is 6.58 Å². The van der Waals surface area contributed by atoms with Gasteiger partial charge in [0.15, 0.2) is 0 Å². The fourth-order valence-electron chi connectivity index (χ4n) is 2.14. The molecule has 5 heteroatoms. The first kappa shape index (κ1) is 20.5. The molecule has 1 aromatic carbocycles. The third-order valence-electron chi connectivity index (χ3n) is 3.20. The zero-order valence-corrected chi connectivity index (χ0v) is 15.2. The third kappa shape index (κ3) is 8.20. The van der Waals surface area contributed by atoms with Gasteiger partial charge in [0.05, 0.1) is 19.1 Å². The molecular formula is C20H27NO4. The van der Waals surface area contributed by atoms with Gasteiger partial charge in [-0.05, 0) is 44.5 Å². The standard InChI is InChI=1S/C20H27NO4/c1-5-13-21(14-12-20(23)24-6-2)19(22)11-10-17-8-7-9-18(15-17)25-16(3)4/h5,7-11,15-16H,1,6,12-14H2,2-4H3/b11-10+. The summed E-state index contributed by atoms with van der Waals surface area (Å²) in [6.07, 6.45) is 5.11. The van der Waals surface area contributed by atoms with E-state index in [9.17, 15) is 9.59 Å². The van der Waals surface area contributed by atoms with E-state index >= 15 is 0 Å². The van der Waals surface area contributed by atoms with Crippen LogP contribution in [0.1, 0.15) is 32.8 Å². The molecule has 0 spiro atoms. The Bertz CT molecular complexity index is 607. The van der Waals surface area contributed by atoms with Crippen molar-refractivity contribution in [3.8, 4) is 5.75 Å². The number of ether oxygens (including phenoxy) is 2. The molecule has 0 bridgehead atoms. The van der Waals surface area contributed by atoms with Crippen molar-refractivity contribution in [1.82, 2.24) is 4.90 Å². The molecule has 1 amide bonds. The molecule has 0 radical (unpaired) electrons. The summed E-state index contributed by atoms with van der Waals surface area (Å²) in [7, 11) is 0. The molecule has 0 N–H and O–H groups in total. The van der Waals surface area contributed by atoms with E-state index in [1.807, 2.05) is 38.1 Å². The summed E-state index contributed by atoms with van der Waals surface area (Å²) < 4.78 is 10.5. The van der Waals surface area contributed by atoms with Crippen LogP contribution in [0, 0.1) is 0 Å². The van der Waals surface area contributed by atoms with Crippen LogP contribution in [0.15, 0.2) is 43.0 Å². The number of carbonyl (C=O) groups excluding carboxylic acids is 2. The van der Waals surface area contributed by atoms with Crippen molar-refractivity contribution >= 4 is 18.0 Å². The molecule has 0 heterocycles. The van der Waals surface area contributed by atoms with E-state index in [0.717, 1.165) is 11.3 Å². The van der Waals surface area contributed by atoms with Crippen LogP contribution in [0.5, 0.6) is 5.75 Å². The smallest absolute Gasteiger partial charge is 0.307 e. The van der Waals surface area contributed by atoms with Gasteiger partial charge < -0.3 is 14.4 Å². The number of nitrogens with zero attached hydrogens (tertiary/aromatic N) is 1. The average molecular weight is 345 g/mol. The average Bonchev–Trinajstić information content (AvgIpc) is 2.56. The fraction of sp³-hybridized carbons (Fsp3) is 0.400. The Kier molecular flexibility index (Phi) is 9.07. The molecule has 0 aliphatic heterocycles. The Morgan fingerprint density at radius 2 is 2.08 bits per heavy atom. The maximum Gasteiger partial charge on any atom is 0.307 e. The van der Waals surface area contributed by atoms with Crippen LogP contribution < -0.4 is 4.74 Å². The number of esters is 1. The van der Waals surface area contributed by atoms with E-state index in [-0.39, 0.29) is 24.4 Å². The van der Waals surface area contributed by atoms with Crippen molar-refractivity contribution in [2.45, 2.75) is 33.3 Å². The van der Waals surface area contributed by atoms with Crippen molar-refractivity contribution in [3.63, 3.8) is 0 Å². The number of benzene rings is 1. The maximum absolute atomic E-state index is 12.3. The summed E-state index contributed by atoms with van der Waals surface area (Å²) in [5, 5.41) is 0. The molecule has 0 fully saturated rings. The molecule has 0 saturated carbocycles. The van der Waals surface area contributed by atoms with Crippen molar-refractivity contribution in [1.29, 1.82) is 0 Å². The molecule has 25 heavy (non-hydrogen) atoms. The maximum atomic E-state index is 12.3. The summed E-state index contributed by atoms with van der Waals surface area (Å²) in [5.74, 6) is 0.265. The number of hydrogen-bond acceptors (Lipinski definition) is 4. The van der Waals surface area contributed by atoms with Crippen molar-refractivity contribution in [2.24, 2.45) is 0 Å². The highest BCUT2D eigenvalue weighted by atomic mass is 16.5. The SMILES string of the molecule is C=CCN(CCC(=O)OCC)C(=O)/C=C/c1cccc(OC(C)C)c1. The van der Waals surface area contributed by atoms with Crippen molar-refractivity contribution < 1.29 is 19.1 Å². The van der Waals surface area contributed by atoms with Gasteiger partial charge in [0.1, 0.15) is 5.75 Å². The third-order valence-corrected chi connectivity index (χ3v) is 3.20. The van der Waals surface area contributed by atoms with Gasteiger partial charge in [-0.25, -0.2) is 0 Å². The molecular weight excluding hydrogens is 318 g/mol. The minimum Gasteiger partial charge on any atom is -0.491 e. The molecule has 0 aromatic heterocycles. The lowest BCUT2D eigenvalue weighted by Crippen LogP contribution is -2.32. The molecule has 0 aliphatic carbocycles. The fourth-order valence-corrected chi connectivity index (χ4v) is 2.14. The van der Waals surface area contributed by atoms with Crippen LogP contribution in [0.2, 0.25) is 0 Å². The molecule has 5 nitrogen and oxygen atoms in total. The monoisotopic (exact) mass is 345 g/mol. The van der Waals surface area contributed by atoms with Gasteiger partial charge in [-0.3, -0.25) is 9.59 Å². The summed E-state index contributed by atoms with van der Waals surface area (Å²) in [4.78, 5) is 25.4. The topological polar surface area (TPSA) is 55.8 Å². The van der Waals surface area contributed by atoms with Crippen LogP contribution in [0.4, 0.5) is 0 Å². The lowest BCUT2D eigenvalue weighted by Gasteiger charge is -2.18. The zero-order valence-electron chi connectivity index (χ0n) is 15.2. The van der Waals surface area contributed by atoms with E-state index in [4.69, 9.17) is 9.47 Å². The predicted octanol–water partition coefficient (Wildman–Crippen LogP) is 3.45. The highest BCUT2D eigenvalue weighted by molar-refractivity contribution is 5.92. The quantitative estimate of drug-likeness (QED) is 0.370. The Morgan fingerprint density at radius 1 is 1.32 bits per heavy atom. The first-order valence-corrected chi connectivity index (χ1v) is 8.46. The molecule has 0 atom stereocenters. The first-order valence-electron chi connectivity index (χ1n) is 8.46. The predicted molar refractivity (Wildman–Crippen MR) is 99.3 cm³/mol. The van der Waals surface area contributed by atoms with Gasteiger partial charge in [0.2, 0.25) is 5.91 Å². The summed E-state index contributed by atoms with van der Waals surface area (Å²) >= 11 is 0. The molecule has 136 valence electrons. The molecule has 0 saturated heterocycles. The van der Waals surface area contributed by atoms with E-state index in [1.165, 1.54) is 6.08 Å². The van der Waals surface area contributed by atoms with Crippen molar-refractivity contribution in [2.75, 3.05) is 19.7 Å². The van der Waals surface area contributed by atoms with Crippen LogP contribution in [-0.2, 0) is 14.3 Å². The largest absolute Gasteiger partial charge is 0.491 e. The Balaban J connectivity index is 2.70. The Hall–Kier alpha value is -2.56. The van der Waals surface area contributed by atoms with E-state index in [1.54, 1.807) is 24.0 Å². The van der Waals surface area contributed by atoms with E-state index in [0.29, 0.717) is 19.7 Å². The second-order valence-electron chi connectivity index (χ2n) is 5.70. The zero-order chi connectivity index (χ0) is 18.7. The van der Waals surface area contributed by atoms with E-state index in [2.05, 4.69) is 6.58 Å². The van der Waals surface area contributed by atoms with Gasteiger partial charge in [0, 0.05) is 19.2 Å². The number of hydrogen-bond donors (Lipinski definition) is 0. The lowest BCUT2D eigenvalue weighted by molar-refractivity contribution is -0.143. The van der Waals surface area contributed by atoms with Crippen LogP contribution in [-0.4, -0.2) is 42.6 Å². The highest BCUT2D eigenvalue weighted by Gasteiger charge is 2.12. The summed E-state index contributed by atoms with van der Waals surface area (Å²) in [6, 6.07) is 7.53. The minimum absolute atomic E-state index is 0.0896. The molecule has 1 rings (SSSR count). The second-order valence-corrected chi connectivity index (χ2v) is 5.70. The normalized spacial score (nSPS) is 10.7. The highest BCUT2D eigenvalue weighted by Crippen LogP contribution is 2.16. The van der Waals surface area contributed by atoms with Crippen LogP contribution in [0.3, 0.4) is 0 Å². The molecule has 0 aliphatic rings. The van der Waals surface area contributed by atoms with Gasteiger partial charge in [0.25, 0.3) is 0 Å². The number of amides is 1. The van der Waals surface area contributed by atoms with Gasteiger partial charge in [-0.1, -0.05) is 18.2 Å². The second kappa shape index (κ2) is 11.1. The molecule has 0 unspecified atom stereocenters. The lowest BCUT2D eigenvalue weighted by atomic mass is 10.2. The van der Waals surface area contributed by atoms with Gasteiger partial charge >= 0.3 is 5.97 Å². The Labute approximate surface area is 149 Å². The summed E-state index contributed by atoms with van der Waals surface area (Å²) in [6.45, 7) is 10.3. The minimum atomic E-state index is -0.313. The van der Waals surface area contributed by atoms with Crippen molar-refractivity contribution in [3.05, 3.63) is 48.6 Å². The number of rotatable bonds is 10. The van der Waals surface area contributed by atoms with E-state index < -0.39 is 0 Å². The summed E-state index contributed by atoms with van der Waals surface area (Å²) in [5.41, 5.74) is 0.871. The number of carbonyl (C=O) groups is 2. The first-order chi connectivity index (χ1) is 12.0. The molecule has 1 aromatic rings. The van der Waals surface area contributed by atoms with Crippen LogP contribution in [0.25, 0.3) is 6.08 Å². The van der Waals surface area contributed by atoms with Crippen LogP contribution >= 0.6 is 0 Å².